The van der Waals surface area contributed by atoms with Crippen LogP contribution < -0.4 is 5.32 Å². The molecule has 0 spiro atoms. The van der Waals surface area contributed by atoms with Gasteiger partial charge in [0.2, 0.25) is 0 Å². The van der Waals surface area contributed by atoms with Gasteiger partial charge < -0.3 is 10.3 Å². The molecule has 0 bridgehead atoms. The van der Waals surface area contributed by atoms with E-state index in [2.05, 4.69) is 53.4 Å². The molecule has 2 aromatic carbocycles. The first-order valence-corrected chi connectivity index (χ1v) is 8.84. The van der Waals surface area contributed by atoms with Gasteiger partial charge in [-0.3, -0.25) is 4.79 Å². The van der Waals surface area contributed by atoms with Crippen LogP contribution in [0.2, 0.25) is 0 Å². The Balaban J connectivity index is 1.99. The molecule has 0 aliphatic carbocycles. The molecule has 4 heteroatoms. The fourth-order valence-corrected chi connectivity index (χ4v) is 3.46. The molecule has 0 unspecified atom stereocenters. The summed E-state index contributed by atoms with van der Waals surface area (Å²) in [5.41, 5.74) is 7.10. The minimum Gasteiger partial charge on any atom is -0.352 e. The summed E-state index contributed by atoms with van der Waals surface area (Å²) in [6, 6.07) is 14.2. The quantitative estimate of drug-likeness (QED) is 0.564. The standard InChI is InChI=1S/C22H21N3O/c1-4-23-22(26)16-7-5-6-15(11-16)17-9-8-14(3)20-19(17)18-10-13(2)12-24-21(18)25-20/h5-12H,4H2,1-3H3,(H,23,26)(H,24,25). The highest BCUT2D eigenvalue weighted by Gasteiger charge is 2.14. The summed E-state index contributed by atoms with van der Waals surface area (Å²) >= 11 is 0. The molecule has 4 rings (SSSR count). The van der Waals surface area contributed by atoms with Crippen LogP contribution in [0.5, 0.6) is 0 Å². The van der Waals surface area contributed by atoms with Crippen molar-refractivity contribution < 1.29 is 4.79 Å². The molecule has 0 saturated heterocycles. The first kappa shape index (κ1) is 16.3. The lowest BCUT2D eigenvalue weighted by molar-refractivity contribution is 0.0956. The van der Waals surface area contributed by atoms with E-state index < -0.39 is 0 Å². The van der Waals surface area contributed by atoms with Gasteiger partial charge in [0.1, 0.15) is 5.65 Å². The number of fused-ring (bicyclic) bond motifs is 3. The first-order valence-electron chi connectivity index (χ1n) is 8.84. The van der Waals surface area contributed by atoms with Crippen LogP contribution in [0, 0.1) is 13.8 Å². The highest BCUT2D eigenvalue weighted by atomic mass is 16.1. The highest BCUT2D eigenvalue weighted by molar-refractivity contribution is 6.14. The van der Waals surface area contributed by atoms with Crippen LogP contribution >= 0.6 is 0 Å². The zero-order valence-corrected chi connectivity index (χ0v) is 15.2. The van der Waals surface area contributed by atoms with Crippen molar-refractivity contribution in [1.82, 2.24) is 15.3 Å². The zero-order chi connectivity index (χ0) is 18.3. The third-order valence-corrected chi connectivity index (χ3v) is 4.72. The molecule has 0 aliphatic rings. The predicted molar refractivity (Wildman–Crippen MR) is 107 cm³/mol. The van der Waals surface area contributed by atoms with E-state index >= 15 is 0 Å². The van der Waals surface area contributed by atoms with Crippen molar-refractivity contribution in [2.45, 2.75) is 20.8 Å². The Labute approximate surface area is 152 Å². The van der Waals surface area contributed by atoms with Crippen molar-refractivity contribution in [2.75, 3.05) is 6.54 Å². The molecule has 0 atom stereocenters. The van der Waals surface area contributed by atoms with Gasteiger partial charge in [-0.05, 0) is 61.2 Å². The number of hydrogen-bond acceptors (Lipinski definition) is 2. The first-order chi connectivity index (χ1) is 12.6. The van der Waals surface area contributed by atoms with Crippen LogP contribution in [0.1, 0.15) is 28.4 Å². The van der Waals surface area contributed by atoms with E-state index in [1.54, 1.807) is 0 Å². The van der Waals surface area contributed by atoms with E-state index in [0.717, 1.165) is 38.6 Å². The van der Waals surface area contributed by atoms with Crippen LogP contribution in [0.25, 0.3) is 33.1 Å². The number of carbonyl (C=O) groups is 1. The normalized spacial score (nSPS) is 11.2. The molecule has 1 amide bonds. The maximum absolute atomic E-state index is 12.2. The lowest BCUT2D eigenvalue weighted by atomic mass is 9.96. The molecule has 0 radical (unpaired) electrons. The molecule has 4 nitrogen and oxygen atoms in total. The van der Waals surface area contributed by atoms with Crippen molar-refractivity contribution in [1.29, 1.82) is 0 Å². The number of hydrogen-bond donors (Lipinski definition) is 2. The number of carbonyl (C=O) groups excluding carboxylic acids is 1. The summed E-state index contributed by atoms with van der Waals surface area (Å²) in [5.74, 6) is -0.0471. The van der Waals surface area contributed by atoms with Crippen LogP contribution in [0.4, 0.5) is 0 Å². The third-order valence-electron chi connectivity index (χ3n) is 4.72. The maximum atomic E-state index is 12.2. The van der Waals surface area contributed by atoms with Crippen LogP contribution in [-0.2, 0) is 0 Å². The molecule has 26 heavy (non-hydrogen) atoms. The molecular weight excluding hydrogens is 322 g/mol. The van der Waals surface area contributed by atoms with E-state index in [0.29, 0.717) is 12.1 Å². The van der Waals surface area contributed by atoms with Gasteiger partial charge in [0, 0.05) is 29.1 Å². The number of nitrogens with zero attached hydrogens (tertiary/aromatic N) is 1. The molecule has 0 fully saturated rings. The summed E-state index contributed by atoms with van der Waals surface area (Å²) in [7, 11) is 0. The average Bonchev–Trinajstić information content (AvgIpc) is 3.02. The second kappa shape index (κ2) is 6.30. The van der Waals surface area contributed by atoms with Gasteiger partial charge >= 0.3 is 0 Å². The van der Waals surface area contributed by atoms with E-state index in [9.17, 15) is 4.79 Å². The zero-order valence-electron chi connectivity index (χ0n) is 15.2. The Kier molecular flexibility index (Phi) is 3.96. The van der Waals surface area contributed by atoms with Gasteiger partial charge in [0.25, 0.3) is 5.91 Å². The van der Waals surface area contributed by atoms with Crippen molar-refractivity contribution in [3.8, 4) is 11.1 Å². The van der Waals surface area contributed by atoms with Crippen molar-refractivity contribution in [3.63, 3.8) is 0 Å². The molecular formula is C22H21N3O. The third kappa shape index (κ3) is 2.64. The minimum absolute atomic E-state index is 0.0471. The second-order valence-corrected chi connectivity index (χ2v) is 6.65. The summed E-state index contributed by atoms with van der Waals surface area (Å²) in [4.78, 5) is 20.2. The topological polar surface area (TPSA) is 57.8 Å². The molecule has 0 saturated carbocycles. The fourth-order valence-electron chi connectivity index (χ4n) is 3.46. The monoisotopic (exact) mass is 343 g/mol. The van der Waals surface area contributed by atoms with Crippen LogP contribution in [0.15, 0.2) is 48.7 Å². The second-order valence-electron chi connectivity index (χ2n) is 6.65. The van der Waals surface area contributed by atoms with E-state index in [4.69, 9.17) is 0 Å². The van der Waals surface area contributed by atoms with Gasteiger partial charge in [0.15, 0.2) is 0 Å². The molecule has 2 heterocycles. The largest absolute Gasteiger partial charge is 0.352 e. The number of benzene rings is 2. The number of aromatic nitrogens is 2. The Morgan fingerprint density at radius 3 is 2.81 bits per heavy atom. The van der Waals surface area contributed by atoms with Gasteiger partial charge in [0.05, 0.1) is 5.52 Å². The molecule has 4 aromatic rings. The highest BCUT2D eigenvalue weighted by Crippen LogP contribution is 2.36. The number of amides is 1. The summed E-state index contributed by atoms with van der Waals surface area (Å²) in [6.07, 6.45) is 1.88. The summed E-state index contributed by atoms with van der Waals surface area (Å²) in [6.45, 7) is 6.69. The molecule has 2 aromatic heterocycles. The molecule has 0 aliphatic heterocycles. The fraction of sp³-hybridized carbons (Fsp3) is 0.182. The lowest BCUT2D eigenvalue weighted by Gasteiger charge is -2.09. The van der Waals surface area contributed by atoms with E-state index in [1.807, 2.05) is 31.3 Å². The van der Waals surface area contributed by atoms with E-state index in [1.165, 1.54) is 5.56 Å². The molecule has 130 valence electrons. The number of aromatic amines is 1. The van der Waals surface area contributed by atoms with Crippen molar-refractivity contribution in [2.24, 2.45) is 0 Å². The summed E-state index contributed by atoms with van der Waals surface area (Å²) < 4.78 is 0. The Hall–Kier alpha value is -3.14. The van der Waals surface area contributed by atoms with Crippen LogP contribution in [-0.4, -0.2) is 22.4 Å². The number of pyridine rings is 1. The SMILES string of the molecule is CCNC(=O)c1cccc(-c2ccc(C)c3[nH]c4ncc(C)cc4c23)c1. The van der Waals surface area contributed by atoms with Crippen molar-refractivity contribution >= 4 is 27.8 Å². The minimum atomic E-state index is -0.0471. The predicted octanol–water partition coefficient (Wildman–Crippen LogP) is 4.75. The number of rotatable bonds is 3. The van der Waals surface area contributed by atoms with Gasteiger partial charge in [-0.1, -0.05) is 24.3 Å². The van der Waals surface area contributed by atoms with E-state index in [-0.39, 0.29) is 5.91 Å². The van der Waals surface area contributed by atoms with Gasteiger partial charge in [-0.25, -0.2) is 4.98 Å². The number of aryl methyl sites for hydroxylation is 2. The maximum Gasteiger partial charge on any atom is 0.251 e. The number of nitrogens with one attached hydrogen (secondary N) is 2. The lowest BCUT2D eigenvalue weighted by Crippen LogP contribution is -2.22. The Morgan fingerprint density at radius 2 is 2.00 bits per heavy atom. The van der Waals surface area contributed by atoms with Gasteiger partial charge in [-0.15, -0.1) is 0 Å². The Morgan fingerprint density at radius 1 is 1.15 bits per heavy atom. The average molecular weight is 343 g/mol. The number of H-pyrrole nitrogens is 1. The van der Waals surface area contributed by atoms with Crippen molar-refractivity contribution in [3.05, 3.63) is 65.4 Å². The smallest absolute Gasteiger partial charge is 0.251 e. The molecule has 2 N–H and O–H groups in total. The summed E-state index contributed by atoms with van der Waals surface area (Å²) in [5, 5.41) is 5.13. The Bertz CT molecular complexity index is 1140. The van der Waals surface area contributed by atoms with Gasteiger partial charge in [-0.2, -0.15) is 0 Å². The van der Waals surface area contributed by atoms with Crippen LogP contribution in [0.3, 0.4) is 0 Å².